The molecule has 2 amide bonds. The Kier molecular flexibility index (Phi) is 4.83. The molecule has 0 unspecified atom stereocenters. The summed E-state index contributed by atoms with van der Waals surface area (Å²) in [5.74, 6) is -0.117. The Labute approximate surface area is 147 Å². The van der Waals surface area contributed by atoms with Crippen molar-refractivity contribution in [3.8, 4) is 0 Å². The minimum absolute atomic E-state index is 0.0415. The number of piperidine rings is 1. The van der Waals surface area contributed by atoms with E-state index in [1.807, 2.05) is 4.90 Å². The van der Waals surface area contributed by atoms with Crippen molar-refractivity contribution in [2.45, 2.75) is 56.9 Å². The van der Waals surface area contributed by atoms with Crippen molar-refractivity contribution in [1.29, 1.82) is 0 Å². The standard InChI is InChI=1S/C17H26N4O4/c1-13(22)19-14-10-17(25-12-16(14,2)24)4-8-20(9-5-17)15(23)11-21-7-3-6-18-21/h3,6-7,14,24H,4-5,8-12H2,1-2H3,(H,19,22)/t14-,16-/m0/s1. The first-order valence-electron chi connectivity index (χ1n) is 8.68. The van der Waals surface area contributed by atoms with E-state index < -0.39 is 11.2 Å². The smallest absolute Gasteiger partial charge is 0.244 e. The molecule has 0 saturated carbocycles. The topological polar surface area (TPSA) is 96.7 Å². The second kappa shape index (κ2) is 6.76. The van der Waals surface area contributed by atoms with E-state index in [0.717, 1.165) is 0 Å². The lowest BCUT2D eigenvalue weighted by atomic mass is 9.77. The molecule has 3 rings (SSSR count). The van der Waals surface area contributed by atoms with Gasteiger partial charge in [-0.3, -0.25) is 14.3 Å². The normalized spacial score (nSPS) is 28.8. The van der Waals surface area contributed by atoms with Crippen molar-refractivity contribution in [2.75, 3.05) is 19.7 Å². The van der Waals surface area contributed by atoms with Gasteiger partial charge >= 0.3 is 0 Å². The third kappa shape index (κ3) is 4.01. The lowest BCUT2D eigenvalue weighted by molar-refractivity contribution is -0.194. The Balaban J connectivity index is 1.59. The van der Waals surface area contributed by atoms with Crippen molar-refractivity contribution in [3.63, 3.8) is 0 Å². The number of amides is 2. The lowest BCUT2D eigenvalue weighted by Gasteiger charge is -2.50. The van der Waals surface area contributed by atoms with E-state index >= 15 is 0 Å². The molecule has 0 aliphatic carbocycles. The zero-order valence-electron chi connectivity index (χ0n) is 14.8. The highest BCUT2D eigenvalue weighted by Crippen LogP contribution is 2.38. The van der Waals surface area contributed by atoms with Crippen LogP contribution >= 0.6 is 0 Å². The molecule has 2 fully saturated rings. The molecule has 2 aliphatic rings. The Morgan fingerprint density at radius 1 is 1.40 bits per heavy atom. The number of hydrogen-bond donors (Lipinski definition) is 2. The fourth-order valence-electron chi connectivity index (χ4n) is 3.65. The maximum absolute atomic E-state index is 12.4. The number of rotatable bonds is 3. The van der Waals surface area contributed by atoms with E-state index in [9.17, 15) is 14.7 Å². The van der Waals surface area contributed by atoms with Crippen LogP contribution in [-0.2, 0) is 20.9 Å². The van der Waals surface area contributed by atoms with Crippen LogP contribution in [0.25, 0.3) is 0 Å². The number of nitrogens with zero attached hydrogens (tertiary/aromatic N) is 3. The van der Waals surface area contributed by atoms with Crippen LogP contribution in [0.1, 0.15) is 33.1 Å². The summed E-state index contributed by atoms with van der Waals surface area (Å²) in [4.78, 5) is 25.6. The maximum Gasteiger partial charge on any atom is 0.244 e. The van der Waals surface area contributed by atoms with Gasteiger partial charge in [0, 0.05) is 32.4 Å². The van der Waals surface area contributed by atoms with E-state index in [2.05, 4.69) is 10.4 Å². The van der Waals surface area contributed by atoms with Crippen molar-refractivity contribution in [3.05, 3.63) is 18.5 Å². The number of carbonyl (C=O) groups is 2. The molecule has 8 heteroatoms. The molecular weight excluding hydrogens is 324 g/mol. The number of nitrogens with one attached hydrogen (secondary N) is 1. The van der Waals surface area contributed by atoms with Gasteiger partial charge in [0.25, 0.3) is 0 Å². The van der Waals surface area contributed by atoms with Gasteiger partial charge in [-0.25, -0.2) is 0 Å². The molecular formula is C17H26N4O4. The van der Waals surface area contributed by atoms with Gasteiger partial charge in [0.1, 0.15) is 12.1 Å². The first-order valence-corrected chi connectivity index (χ1v) is 8.68. The van der Waals surface area contributed by atoms with Crippen molar-refractivity contribution >= 4 is 11.8 Å². The first-order chi connectivity index (χ1) is 11.8. The van der Waals surface area contributed by atoms with Crippen molar-refractivity contribution in [1.82, 2.24) is 20.0 Å². The average Bonchev–Trinajstić information content (AvgIpc) is 3.05. The SMILES string of the molecule is CC(=O)N[C@H]1CC2(CCN(C(=O)Cn3cccn3)CC2)OC[C@]1(C)O. The highest BCUT2D eigenvalue weighted by molar-refractivity contribution is 5.76. The molecule has 8 nitrogen and oxygen atoms in total. The number of likely N-dealkylation sites (tertiary alicyclic amines) is 1. The number of carbonyl (C=O) groups excluding carboxylic acids is 2. The predicted octanol–water partition coefficient (Wildman–Crippen LogP) is -0.0797. The number of aliphatic hydroxyl groups is 1. The van der Waals surface area contributed by atoms with Gasteiger partial charge in [0.2, 0.25) is 11.8 Å². The number of ether oxygens (including phenoxy) is 1. The van der Waals surface area contributed by atoms with Crippen LogP contribution in [0.15, 0.2) is 18.5 Å². The zero-order chi connectivity index (χ0) is 18.1. The van der Waals surface area contributed by atoms with Crippen LogP contribution in [-0.4, -0.2) is 68.5 Å². The Hall–Kier alpha value is -1.93. The summed E-state index contributed by atoms with van der Waals surface area (Å²) < 4.78 is 7.63. The minimum Gasteiger partial charge on any atom is -0.386 e. The summed E-state index contributed by atoms with van der Waals surface area (Å²) in [6.45, 7) is 4.77. The Bertz CT molecular complexity index is 621. The van der Waals surface area contributed by atoms with Crippen LogP contribution in [0.3, 0.4) is 0 Å². The Morgan fingerprint density at radius 3 is 2.72 bits per heavy atom. The molecule has 2 saturated heterocycles. The molecule has 0 bridgehead atoms. The average molecular weight is 350 g/mol. The molecule has 1 spiro atoms. The molecule has 0 radical (unpaired) electrons. The molecule has 2 aliphatic heterocycles. The fourth-order valence-corrected chi connectivity index (χ4v) is 3.65. The fraction of sp³-hybridized carbons (Fsp3) is 0.706. The van der Waals surface area contributed by atoms with E-state index in [0.29, 0.717) is 32.4 Å². The molecule has 138 valence electrons. The molecule has 25 heavy (non-hydrogen) atoms. The largest absolute Gasteiger partial charge is 0.386 e. The quantitative estimate of drug-likeness (QED) is 0.795. The highest BCUT2D eigenvalue weighted by atomic mass is 16.5. The summed E-state index contributed by atoms with van der Waals surface area (Å²) in [5, 5.41) is 17.4. The van der Waals surface area contributed by atoms with Gasteiger partial charge in [0.15, 0.2) is 0 Å². The summed E-state index contributed by atoms with van der Waals surface area (Å²) >= 11 is 0. The third-order valence-corrected chi connectivity index (χ3v) is 5.26. The van der Waals surface area contributed by atoms with Crippen molar-refractivity contribution in [2.24, 2.45) is 0 Å². The van der Waals surface area contributed by atoms with Crippen LogP contribution in [0.4, 0.5) is 0 Å². The summed E-state index contributed by atoms with van der Waals surface area (Å²) in [6, 6.07) is 1.45. The van der Waals surface area contributed by atoms with Gasteiger partial charge in [0.05, 0.1) is 18.2 Å². The monoisotopic (exact) mass is 350 g/mol. The van der Waals surface area contributed by atoms with Gasteiger partial charge in [-0.2, -0.15) is 5.10 Å². The highest BCUT2D eigenvalue weighted by Gasteiger charge is 2.48. The lowest BCUT2D eigenvalue weighted by Crippen LogP contribution is -2.64. The van der Waals surface area contributed by atoms with Gasteiger partial charge < -0.3 is 20.1 Å². The van der Waals surface area contributed by atoms with Gasteiger partial charge in [-0.05, 0) is 32.3 Å². The van der Waals surface area contributed by atoms with E-state index in [1.54, 1.807) is 30.1 Å². The van der Waals surface area contributed by atoms with Crippen LogP contribution in [0.5, 0.6) is 0 Å². The van der Waals surface area contributed by atoms with Crippen LogP contribution < -0.4 is 5.32 Å². The predicted molar refractivity (Wildman–Crippen MR) is 89.6 cm³/mol. The van der Waals surface area contributed by atoms with E-state index in [-0.39, 0.29) is 31.0 Å². The van der Waals surface area contributed by atoms with E-state index in [1.165, 1.54) is 6.92 Å². The minimum atomic E-state index is -1.08. The second-order valence-electron chi connectivity index (χ2n) is 7.37. The first kappa shape index (κ1) is 17.9. The zero-order valence-corrected chi connectivity index (χ0v) is 14.8. The summed E-state index contributed by atoms with van der Waals surface area (Å²) in [6.07, 6.45) is 5.38. The van der Waals surface area contributed by atoms with E-state index in [4.69, 9.17) is 4.74 Å². The third-order valence-electron chi connectivity index (χ3n) is 5.26. The molecule has 2 atom stereocenters. The summed E-state index contributed by atoms with van der Waals surface area (Å²) in [5.41, 5.74) is -1.47. The number of hydrogen-bond acceptors (Lipinski definition) is 5. The summed E-state index contributed by atoms with van der Waals surface area (Å²) in [7, 11) is 0. The number of aromatic nitrogens is 2. The molecule has 0 aromatic carbocycles. The van der Waals surface area contributed by atoms with Gasteiger partial charge in [-0.15, -0.1) is 0 Å². The maximum atomic E-state index is 12.4. The van der Waals surface area contributed by atoms with Gasteiger partial charge in [-0.1, -0.05) is 0 Å². The Morgan fingerprint density at radius 2 is 2.12 bits per heavy atom. The van der Waals surface area contributed by atoms with Crippen molar-refractivity contribution < 1.29 is 19.4 Å². The van der Waals surface area contributed by atoms with Crippen LogP contribution in [0.2, 0.25) is 0 Å². The second-order valence-corrected chi connectivity index (χ2v) is 7.37. The molecule has 1 aromatic rings. The molecule has 3 heterocycles. The molecule has 2 N–H and O–H groups in total. The van der Waals surface area contributed by atoms with Crippen LogP contribution in [0, 0.1) is 0 Å². The molecule has 1 aromatic heterocycles.